The molecular formula is C29H36BrN5O4. The maximum atomic E-state index is 13.9. The van der Waals surface area contributed by atoms with Gasteiger partial charge < -0.3 is 15.8 Å². The summed E-state index contributed by atoms with van der Waals surface area (Å²) in [7, 11) is 0. The lowest BCUT2D eigenvalue weighted by molar-refractivity contribution is -0.130. The zero-order chi connectivity index (χ0) is 28.2. The second-order valence-electron chi connectivity index (χ2n) is 11.2. The van der Waals surface area contributed by atoms with Gasteiger partial charge in [0.05, 0.1) is 23.4 Å². The number of imide groups is 1. The van der Waals surface area contributed by atoms with Gasteiger partial charge in [-0.3, -0.25) is 14.7 Å². The minimum absolute atomic E-state index is 0.242. The largest absolute Gasteiger partial charge is 0.444 e. The van der Waals surface area contributed by atoms with Crippen LogP contribution in [0.2, 0.25) is 0 Å². The molecule has 10 heteroatoms. The third kappa shape index (κ3) is 7.67. The lowest BCUT2D eigenvalue weighted by atomic mass is 9.81. The predicted molar refractivity (Wildman–Crippen MR) is 154 cm³/mol. The monoisotopic (exact) mass is 597 g/mol. The highest BCUT2D eigenvalue weighted by Gasteiger charge is 2.35. The van der Waals surface area contributed by atoms with Crippen LogP contribution in [0.4, 0.5) is 10.5 Å². The second-order valence-corrected chi connectivity index (χ2v) is 12.1. The molecular weight excluding hydrogens is 562 g/mol. The molecule has 2 aromatic carbocycles. The Labute approximate surface area is 237 Å². The molecule has 1 fully saturated rings. The molecule has 39 heavy (non-hydrogen) atoms. The number of benzene rings is 2. The van der Waals surface area contributed by atoms with Crippen LogP contribution in [-0.4, -0.2) is 46.3 Å². The number of hydrogen-bond donors (Lipinski definition) is 3. The Morgan fingerprint density at radius 2 is 1.82 bits per heavy atom. The molecule has 0 radical (unpaired) electrons. The number of fused-ring (bicyclic) bond motifs is 1. The molecule has 0 saturated heterocycles. The van der Waals surface area contributed by atoms with Crippen molar-refractivity contribution in [1.82, 2.24) is 15.5 Å². The van der Waals surface area contributed by atoms with Crippen molar-refractivity contribution in [3.63, 3.8) is 0 Å². The number of anilines is 1. The van der Waals surface area contributed by atoms with Gasteiger partial charge in [-0.05, 0) is 94.7 Å². The van der Waals surface area contributed by atoms with Crippen molar-refractivity contribution in [3.8, 4) is 0 Å². The number of carbonyl (C=O) groups excluding carboxylic acids is 3. The molecule has 1 heterocycles. The molecule has 1 atom stereocenters. The number of rotatable bonds is 7. The molecule has 3 aromatic rings. The zero-order valence-corrected chi connectivity index (χ0v) is 24.2. The molecule has 0 aliphatic heterocycles. The molecule has 1 aliphatic rings. The molecule has 1 aliphatic carbocycles. The van der Waals surface area contributed by atoms with Crippen LogP contribution >= 0.6 is 15.9 Å². The highest BCUT2D eigenvalue weighted by molar-refractivity contribution is 9.10. The maximum Gasteiger partial charge on any atom is 0.407 e. The smallest absolute Gasteiger partial charge is 0.407 e. The van der Waals surface area contributed by atoms with Crippen LogP contribution in [0.3, 0.4) is 0 Å². The molecule has 0 spiro atoms. The number of aromatic nitrogens is 2. The number of halogens is 1. The Hall–Kier alpha value is -3.24. The van der Waals surface area contributed by atoms with E-state index >= 15 is 0 Å². The summed E-state index contributed by atoms with van der Waals surface area (Å²) in [5.41, 5.74) is 7.96. The van der Waals surface area contributed by atoms with E-state index in [-0.39, 0.29) is 17.7 Å². The number of ether oxygens (including phenoxy) is 1. The van der Waals surface area contributed by atoms with Gasteiger partial charge in [0, 0.05) is 22.3 Å². The van der Waals surface area contributed by atoms with Crippen LogP contribution in [0.1, 0.15) is 52.0 Å². The zero-order valence-electron chi connectivity index (χ0n) is 22.6. The number of nitrogens with one attached hydrogen (secondary N) is 2. The Balaban J connectivity index is 1.46. The van der Waals surface area contributed by atoms with Crippen molar-refractivity contribution in [3.05, 3.63) is 58.7 Å². The van der Waals surface area contributed by atoms with Crippen LogP contribution in [0.25, 0.3) is 10.9 Å². The lowest BCUT2D eigenvalue weighted by Crippen LogP contribution is -2.50. The normalized spacial score (nSPS) is 18.4. The van der Waals surface area contributed by atoms with Gasteiger partial charge in [0.25, 0.3) is 5.91 Å². The van der Waals surface area contributed by atoms with Crippen molar-refractivity contribution in [2.75, 3.05) is 11.4 Å². The lowest BCUT2D eigenvalue weighted by Gasteiger charge is -2.32. The van der Waals surface area contributed by atoms with Crippen molar-refractivity contribution >= 4 is 50.4 Å². The van der Waals surface area contributed by atoms with Gasteiger partial charge in [0.1, 0.15) is 5.60 Å². The van der Waals surface area contributed by atoms with E-state index in [2.05, 4.69) is 31.4 Å². The summed E-state index contributed by atoms with van der Waals surface area (Å²) in [5.74, 6) is -0.755. The minimum atomic E-state index is -0.887. The first-order valence-corrected chi connectivity index (χ1v) is 14.1. The highest BCUT2D eigenvalue weighted by Crippen LogP contribution is 2.32. The number of alkyl carbamates (subject to hydrolysis) is 1. The van der Waals surface area contributed by atoms with E-state index in [1.54, 1.807) is 18.3 Å². The summed E-state index contributed by atoms with van der Waals surface area (Å²) >= 11 is 3.42. The molecule has 4 N–H and O–H groups in total. The minimum Gasteiger partial charge on any atom is -0.444 e. The van der Waals surface area contributed by atoms with E-state index in [1.165, 1.54) is 4.90 Å². The number of H-pyrrole nitrogens is 1. The SMILES string of the molecule is CC(C)(C)OC(=O)NCC1CCC(C(=O)N(C(=O)[C@@H](N)Cc2ccc(Br)cc2)c2ccc3cn[nH]c3c2)CC1. The first-order valence-electron chi connectivity index (χ1n) is 13.3. The molecule has 9 nitrogen and oxygen atoms in total. The Kier molecular flexibility index (Phi) is 9.07. The molecule has 0 bridgehead atoms. The van der Waals surface area contributed by atoms with Crippen LogP contribution in [-0.2, 0) is 20.7 Å². The third-order valence-corrected chi connectivity index (χ3v) is 7.47. The van der Waals surface area contributed by atoms with Gasteiger partial charge in [0.15, 0.2) is 0 Å². The Morgan fingerprint density at radius 1 is 1.13 bits per heavy atom. The van der Waals surface area contributed by atoms with E-state index < -0.39 is 23.6 Å². The number of amides is 3. The first-order chi connectivity index (χ1) is 18.5. The van der Waals surface area contributed by atoms with Crippen LogP contribution in [0, 0.1) is 11.8 Å². The average molecular weight is 599 g/mol. The summed E-state index contributed by atoms with van der Waals surface area (Å²) in [6.07, 6.45) is 4.34. The van der Waals surface area contributed by atoms with Gasteiger partial charge in [0.2, 0.25) is 5.91 Å². The Bertz CT molecular complexity index is 1310. The fourth-order valence-electron chi connectivity index (χ4n) is 4.89. The number of aromatic amines is 1. The van der Waals surface area contributed by atoms with Crippen LogP contribution < -0.4 is 16.0 Å². The highest BCUT2D eigenvalue weighted by atomic mass is 79.9. The summed E-state index contributed by atoms with van der Waals surface area (Å²) in [5, 5.41) is 10.7. The quantitative estimate of drug-likeness (QED) is 0.348. The van der Waals surface area contributed by atoms with Crippen molar-refractivity contribution in [1.29, 1.82) is 0 Å². The summed E-state index contributed by atoms with van der Waals surface area (Å²) < 4.78 is 6.26. The standard InChI is InChI=1S/C29H36BrN5O4/c1-29(2,3)39-28(38)32-16-19-4-8-20(9-5-19)26(36)35(23-13-10-21-17-33-34-25(21)15-23)27(37)24(31)14-18-6-11-22(30)12-7-18/h6-7,10-13,15,17,19-20,24H,4-5,8-9,14,16,31H2,1-3H3,(H,32,38)(H,33,34)/t19?,20?,24-/m0/s1. The van der Waals surface area contributed by atoms with Gasteiger partial charge in [-0.2, -0.15) is 5.10 Å². The predicted octanol–water partition coefficient (Wildman–Crippen LogP) is 5.09. The maximum absolute atomic E-state index is 13.9. The molecule has 1 saturated carbocycles. The number of nitrogens with zero attached hydrogens (tertiary/aromatic N) is 2. The molecule has 0 unspecified atom stereocenters. The molecule has 1 aromatic heterocycles. The second kappa shape index (κ2) is 12.3. The first kappa shape index (κ1) is 28.8. The molecule has 208 valence electrons. The van der Waals surface area contributed by atoms with E-state index in [9.17, 15) is 14.4 Å². The van der Waals surface area contributed by atoms with Crippen molar-refractivity contribution in [2.24, 2.45) is 17.6 Å². The van der Waals surface area contributed by atoms with Gasteiger partial charge in [-0.25, -0.2) is 9.69 Å². The van der Waals surface area contributed by atoms with Crippen LogP contribution in [0.5, 0.6) is 0 Å². The Morgan fingerprint density at radius 3 is 2.49 bits per heavy atom. The molecule has 3 amide bonds. The van der Waals surface area contributed by atoms with Crippen molar-refractivity contribution < 1.29 is 19.1 Å². The van der Waals surface area contributed by atoms with Gasteiger partial charge in [-0.15, -0.1) is 0 Å². The van der Waals surface area contributed by atoms with E-state index in [1.807, 2.05) is 51.1 Å². The summed E-state index contributed by atoms with van der Waals surface area (Å²) in [6.45, 7) is 5.97. The summed E-state index contributed by atoms with van der Waals surface area (Å²) in [4.78, 5) is 40.9. The average Bonchev–Trinajstić information content (AvgIpc) is 3.36. The molecule has 4 rings (SSSR count). The van der Waals surface area contributed by atoms with Crippen LogP contribution in [0.15, 0.2) is 53.1 Å². The fraction of sp³-hybridized carbons (Fsp3) is 0.448. The van der Waals surface area contributed by atoms with E-state index in [4.69, 9.17) is 10.5 Å². The summed E-state index contributed by atoms with van der Waals surface area (Å²) in [6, 6.07) is 12.1. The number of nitrogens with two attached hydrogens (primary N) is 1. The van der Waals surface area contributed by atoms with Gasteiger partial charge in [-0.1, -0.05) is 28.1 Å². The van der Waals surface area contributed by atoms with Crippen molar-refractivity contribution in [2.45, 2.75) is 64.5 Å². The van der Waals surface area contributed by atoms with Gasteiger partial charge >= 0.3 is 6.09 Å². The van der Waals surface area contributed by atoms with E-state index in [0.717, 1.165) is 33.8 Å². The fourth-order valence-corrected chi connectivity index (χ4v) is 5.16. The third-order valence-electron chi connectivity index (χ3n) is 6.94. The topological polar surface area (TPSA) is 130 Å². The van der Waals surface area contributed by atoms with E-state index in [0.29, 0.717) is 31.5 Å². The number of carbonyl (C=O) groups is 3. The number of hydrogen-bond acceptors (Lipinski definition) is 6.